The first-order chi connectivity index (χ1) is 6.77. The van der Waals surface area contributed by atoms with Gasteiger partial charge < -0.3 is 10.1 Å². The first-order valence-electron chi connectivity index (χ1n) is 5.83. The van der Waals surface area contributed by atoms with E-state index < -0.39 is 0 Å². The van der Waals surface area contributed by atoms with E-state index in [-0.39, 0.29) is 0 Å². The molecule has 1 N–H and O–H groups in total. The highest BCUT2D eigenvalue weighted by Crippen LogP contribution is 2.18. The van der Waals surface area contributed by atoms with Gasteiger partial charge in [-0.15, -0.1) is 0 Å². The average Bonchev–Trinajstić information content (AvgIpc) is 2.62. The Kier molecular flexibility index (Phi) is 3.42. The summed E-state index contributed by atoms with van der Waals surface area (Å²) in [6, 6.07) is 0.641. The largest absolute Gasteiger partial charge is 0.374 e. The molecule has 82 valence electrons. The molecule has 0 aliphatic carbocycles. The van der Waals surface area contributed by atoms with Gasteiger partial charge in [0.05, 0.1) is 12.7 Å². The van der Waals surface area contributed by atoms with Gasteiger partial charge in [-0.1, -0.05) is 13.8 Å². The lowest BCUT2D eigenvalue weighted by Crippen LogP contribution is -2.51. The number of morpholine rings is 1. The second-order valence-corrected chi connectivity index (χ2v) is 4.85. The number of hydrogen-bond donors (Lipinski definition) is 1. The van der Waals surface area contributed by atoms with Crippen LogP contribution in [0.1, 0.15) is 20.3 Å². The molecule has 0 saturated carbocycles. The maximum atomic E-state index is 5.73. The molecule has 2 aliphatic heterocycles. The quantitative estimate of drug-likeness (QED) is 0.722. The highest BCUT2D eigenvalue weighted by atomic mass is 16.5. The lowest BCUT2D eigenvalue weighted by Gasteiger charge is -2.37. The topological polar surface area (TPSA) is 24.5 Å². The summed E-state index contributed by atoms with van der Waals surface area (Å²) in [5.41, 5.74) is 0. The molecule has 3 heteroatoms. The lowest BCUT2D eigenvalue weighted by molar-refractivity contribution is -0.0478. The Morgan fingerprint density at radius 3 is 3.07 bits per heavy atom. The summed E-state index contributed by atoms with van der Waals surface area (Å²) in [6.07, 6.45) is 1.76. The average molecular weight is 198 g/mol. The molecule has 2 saturated heterocycles. The van der Waals surface area contributed by atoms with Crippen LogP contribution in [-0.4, -0.2) is 49.8 Å². The van der Waals surface area contributed by atoms with Gasteiger partial charge in [-0.25, -0.2) is 0 Å². The Bertz CT molecular complexity index is 184. The van der Waals surface area contributed by atoms with E-state index in [1.165, 1.54) is 13.0 Å². The number of nitrogens with zero attached hydrogens (tertiary/aromatic N) is 1. The van der Waals surface area contributed by atoms with Crippen LogP contribution in [0.15, 0.2) is 0 Å². The molecule has 2 atom stereocenters. The van der Waals surface area contributed by atoms with Crippen molar-refractivity contribution in [3.8, 4) is 0 Å². The zero-order valence-electron chi connectivity index (χ0n) is 9.33. The van der Waals surface area contributed by atoms with Gasteiger partial charge in [-0.2, -0.15) is 0 Å². The van der Waals surface area contributed by atoms with Crippen LogP contribution in [0, 0.1) is 5.92 Å². The summed E-state index contributed by atoms with van der Waals surface area (Å²) in [6.45, 7) is 10.0. The summed E-state index contributed by atoms with van der Waals surface area (Å²) >= 11 is 0. The maximum absolute atomic E-state index is 5.73. The van der Waals surface area contributed by atoms with Crippen molar-refractivity contribution in [2.45, 2.75) is 32.4 Å². The molecule has 0 unspecified atom stereocenters. The van der Waals surface area contributed by atoms with E-state index in [2.05, 4.69) is 24.1 Å². The standard InChI is InChI=1S/C11H22N2O/c1-9(2)3-4-13-5-6-14-11-8-12-7-10(11)13/h9-12H,3-8H2,1-2H3/t10-,11+/m1/s1. The van der Waals surface area contributed by atoms with Crippen LogP contribution < -0.4 is 5.32 Å². The van der Waals surface area contributed by atoms with E-state index in [9.17, 15) is 0 Å². The molecule has 2 fully saturated rings. The van der Waals surface area contributed by atoms with Gasteiger partial charge in [0.1, 0.15) is 0 Å². The van der Waals surface area contributed by atoms with Crippen molar-refractivity contribution < 1.29 is 4.74 Å². The third-order valence-corrected chi connectivity index (χ3v) is 3.30. The first-order valence-corrected chi connectivity index (χ1v) is 5.83. The summed E-state index contributed by atoms with van der Waals surface area (Å²) in [5, 5.41) is 3.42. The number of nitrogens with one attached hydrogen (secondary N) is 1. The van der Waals surface area contributed by atoms with Crippen molar-refractivity contribution in [3.05, 3.63) is 0 Å². The number of ether oxygens (including phenoxy) is 1. The first kappa shape index (κ1) is 10.4. The van der Waals surface area contributed by atoms with E-state index in [1.807, 2.05) is 0 Å². The molecular weight excluding hydrogens is 176 g/mol. The van der Waals surface area contributed by atoms with Gasteiger partial charge in [-0.3, -0.25) is 4.90 Å². The molecule has 2 heterocycles. The Balaban J connectivity index is 1.84. The minimum atomic E-state index is 0.455. The Morgan fingerprint density at radius 1 is 1.43 bits per heavy atom. The summed E-state index contributed by atoms with van der Waals surface area (Å²) in [4.78, 5) is 2.61. The lowest BCUT2D eigenvalue weighted by atomic mass is 10.1. The van der Waals surface area contributed by atoms with E-state index >= 15 is 0 Å². The van der Waals surface area contributed by atoms with Crippen molar-refractivity contribution in [3.63, 3.8) is 0 Å². The van der Waals surface area contributed by atoms with Gasteiger partial charge in [-0.05, 0) is 18.9 Å². The van der Waals surface area contributed by atoms with Crippen LogP contribution in [0.2, 0.25) is 0 Å². The second kappa shape index (κ2) is 4.60. The van der Waals surface area contributed by atoms with Crippen molar-refractivity contribution in [2.24, 2.45) is 5.92 Å². The molecule has 3 nitrogen and oxygen atoms in total. The predicted octanol–water partition coefficient (Wildman–Crippen LogP) is 0.705. The smallest absolute Gasteiger partial charge is 0.0867 e. The van der Waals surface area contributed by atoms with Gasteiger partial charge >= 0.3 is 0 Å². The normalized spacial score (nSPS) is 33.6. The van der Waals surface area contributed by atoms with Crippen molar-refractivity contribution >= 4 is 0 Å². The van der Waals surface area contributed by atoms with E-state index in [1.54, 1.807) is 0 Å². The molecule has 0 spiro atoms. The van der Waals surface area contributed by atoms with Crippen LogP contribution in [0.25, 0.3) is 0 Å². The fraction of sp³-hybridized carbons (Fsp3) is 1.00. The summed E-state index contributed by atoms with van der Waals surface area (Å²) in [7, 11) is 0. The third kappa shape index (κ3) is 2.27. The minimum Gasteiger partial charge on any atom is -0.374 e. The minimum absolute atomic E-state index is 0.455. The Morgan fingerprint density at radius 2 is 2.29 bits per heavy atom. The molecular formula is C11H22N2O. The second-order valence-electron chi connectivity index (χ2n) is 4.85. The molecule has 2 aliphatic rings. The SMILES string of the molecule is CC(C)CCN1CCO[C@H]2CNC[C@H]21. The van der Waals surface area contributed by atoms with Crippen molar-refractivity contribution in [1.29, 1.82) is 0 Å². The van der Waals surface area contributed by atoms with E-state index in [4.69, 9.17) is 4.74 Å². The molecule has 0 bridgehead atoms. The Hall–Kier alpha value is -0.120. The molecule has 14 heavy (non-hydrogen) atoms. The predicted molar refractivity (Wildman–Crippen MR) is 57.4 cm³/mol. The zero-order valence-corrected chi connectivity index (χ0v) is 9.33. The number of rotatable bonds is 3. The van der Waals surface area contributed by atoms with E-state index in [0.717, 1.165) is 32.2 Å². The molecule has 0 aromatic heterocycles. The molecule has 0 aromatic carbocycles. The molecule has 2 rings (SSSR count). The van der Waals surface area contributed by atoms with Gasteiger partial charge in [0.25, 0.3) is 0 Å². The van der Waals surface area contributed by atoms with E-state index in [0.29, 0.717) is 12.1 Å². The zero-order chi connectivity index (χ0) is 9.97. The molecule has 0 aromatic rings. The Labute approximate surface area is 86.8 Å². The van der Waals surface area contributed by atoms with Gasteiger partial charge in [0.15, 0.2) is 0 Å². The van der Waals surface area contributed by atoms with Crippen LogP contribution in [0.5, 0.6) is 0 Å². The van der Waals surface area contributed by atoms with Crippen LogP contribution in [-0.2, 0) is 4.74 Å². The van der Waals surface area contributed by atoms with Gasteiger partial charge in [0, 0.05) is 25.7 Å². The molecule has 0 radical (unpaired) electrons. The summed E-state index contributed by atoms with van der Waals surface area (Å²) < 4.78 is 5.73. The maximum Gasteiger partial charge on any atom is 0.0867 e. The highest BCUT2D eigenvalue weighted by Gasteiger charge is 2.35. The van der Waals surface area contributed by atoms with Crippen LogP contribution >= 0.6 is 0 Å². The number of fused-ring (bicyclic) bond motifs is 1. The molecule has 0 amide bonds. The third-order valence-electron chi connectivity index (χ3n) is 3.30. The van der Waals surface area contributed by atoms with Crippen molar-refractivity contribution in [1.82, 2.24) is 10.2 Å². The van der Waals surface area contributed by atoms with Gasteiger partial charge in [0.2, 0.25) is 0 Å². The fourth-order valence-electron chi connectivity index (χ4n) is 2.36. The van der Waals surface area contributed by atoms with Crippen LogP contribution in [0.3, 0.4) is 0 Å². The number of hydrogen-bond acceptors (Lipinski definition) is 3. The monoisotopic (exact) mass is 198 g/mol. The van der Waals surface area contributed by atoms with Crippen molar-refractivity contribution in [2.75, 3.05) is 32.8 Å². The fourth-order valence-corrected chi connectivity index (χ4v) is 2.36. The highest BCUT2D eigenvalue weighted by molar-refractivity contribution is 4.92. The van der Waals surface area contributed by atoms with Crippen LogP contribution in [0.4, 0.5) is 0 Å². The summed E-state index contributed by atoms with van der Waals surface area (Å²) in [5.74, 6) is 0.811.